The molecule has 0 radical (unpaired) electrons. The van der Waals surface area contributed by atoms with Gasteiger partial charge < -0.3 is 10.6 Å². The standard InChI is InChI=1S/C21H22N2O3/c1-14(24)16-8-5-9-17(12-16)23-21(26)19-13-18(19)20(25)22-11-10-15-6-3-2-4-7-15/h2-9,12,18-19H,10-11,13H2,1H3,(H,22,25)(H,23,26). The average Bonchev–Trinajstić information content (AvgIpc) is 3.44. The average molecular weight is 350 g/mol. The summed E-state index contributed by atoms with van der Waals surface area (Å²) in [5.41, 5.74) is 2.30. The summed E-state index contributed by atoms with van der Waals surface area (Å²) in [6.45, 7) is 2.05. The van der Waals surface area contributed by atoms with Gasteiger partial charge in [-0.2, -0.15) is 0 Å². The van der Waals surface area contributed by atoms with E-state index in [9.17, 15) is 14.4 Å². The molecule has 0 aliphatic heterocycles. The molecule has 0 heterocycles. The van der Waals surface area contributed by atoms with Crippen molar-refractivity contribution in [3.8, 4) is 0 Å². The van der Waals surface area contributed by atoms with Gasteiger partial charge in [-0.1, -0.05) is 42.5 Å². The molecule has 5 heteroatoms. The molecular weight excluding hydrogens is 328 g/mol. The maximum Gasteiger partial charge on any atom is 0.228 e. The lowest BCUT2D eigenvalue weighted by molar-refractivity contribution is -0.125. The highest BCUT2D eigenvalue weighted by Crippen LogP contribution is 2.39. The molecule has 26 heavy (non-hydrogen) atoms. The first-order chi connectivity index (χ1) is 12.5. The van der Waals surface area contributed by atoms with Crippen molar-refractivity contribution in [1.29, 1.82) is 0 Å². The Hall–Kier alpha value is -2.95. The van der Waals surface area contributed by atoms with Gasteiger partial charge in [-0.3, -0.25) is 14.4 Å². The molecule has 1 aliphatic rings. The molecule has 2 amide bonds. The van der Waals surface area contributed by atoms with Crippen LogP contribution < -0.4 is 10.6 Å². The SMILES string of the molecule is CC(=O)c1cccc(NC(=O)C2CC2C(=O)NCCc2ccccc2)c1. The Balaban J connectivity index is 1.45. The molecule has 0 bridgehead atoms. The molecule has 2 N–H and O–H groups in total. The number of anilines is 1. The zero-order chi connectivity index (χ0) is 18.5. The number of hydrogen-bond donors (Lipinski definition) is 2. The van der Waals surface area contributed by atoms with Gasteiger partial charge in [-0.15, -0.1) is 0 Å². The number of amides is 2. The van der Waals surface area contributed by atoms with Crippen LogP contribution in [0.2, 0.25) is 0 Å². The minimum atomic E-state index is -0.298. The number of carbonyl (C=O) groups is 3. The molecule has 0 saturated heterocycles. The van der Waals surface area contributed by atoms with Crippen LogP contribution in [0.3, 0.4) is 0 Å². The molecule has 134 valence electrons. The van der Waals surface area contributed by atoms with Crippen molar-refractivity contribution in [2.45, 2.75) is 19.8 Å². The van der Waals surface area contributed by atoms with E-state index in [1.54, 1.807) is 24.3 Å². The quantitative estimate of drug-likeness (QED) is 0.754. The number of benzene rings is 2. The van der Waals surface area contributed by atoms with Crippen molar-refractivity contribution in [3.63, 3.8) is 0 Å². The second-order valence-electron chi connectivity index (χ2n) is 6.60. The summed E-state index contributed by atoms with van der Waals surface area (Å²) < 4.78 is 0. The summed E-state index contributed by atoms with van der Waals surface area (Å²) in [6.07, 6.45) is 1.34. The van der Waals surface area contributed by atoms with Crippen LogP contribution in [-0.4, -0.2) is 24.1 Å². The lowest BCUT2D eigenvalue weighted by Gasteiger charge is -2.07. The number of nitrogens with one attached hydrogen (secondary N) is 2. The van der Waals surface area contributed by atoms with Crippen molar-refractivity contribution in [2.75, 3.05) is 11.9 Å². The minimum Gasteiger partial charge on any atom is -0.356 e. The molecule has 2 unspecified atom stereocenters. The summed E-state index contributed by atoms with van der Waals surface area (Å²) in [6, 6.07) is 16.8. The topological polar surface area (TPSA) is 75.3 Å². The van der Waals surface area contributed by atoms with Crippen LogP contribution in [0.1, 0.15) is 29.3 Å². The fourth-order valence-corrected chi connectivity index (χ4v) is 2.93. The predicted octanol–water partition coefficient (Wildman–Crippen LogP) is 2.82. The maximum absolute atomic E-state index is 12.3. The van der Waals surface area contributed by atoms with Gasteiger partial charge in [0.1, 0.15) is 0 Å². The molecule has 3 rings (SSSR count). The Morgan fingerprint density at radius 1 is 0.962 bits per heavy atom. The van der Waals surface area contributed by atoms with E-state index in [1.165, 1.54) is 12.5 Å². The monoisotopic (exact) mass is 350 g/mol. The second kappa shape index (κ2) is 7.95. The van der Waals surface area contributed by atoms with E-state index in [0.717, 1.165) is 6.42 Å². The normalized spacial score (nSPS) is 18.0. The van der Waals surface area contributed by atoms with E-state index in [4.69, 9.17) is 0 Å². The molecule has 1 fully saturated rings. The third-order valence-electron chi connectivity index (χ3n) is 4.56. The highest BCUT2D eigenvalue weighted by molar-refractivity contribution is 6.01. The number of hydrogen-bond acceptors (Lipinski definition) is 3. The maximum atomic E-state index is 12.3. The Kier molecular flexibility index (Phi) is 5.46. The van der Waals surface area contributed by atoms with E-state index in [2.05, 4.69) is 10.6 Å². The second-order valence-corrected chi connectivity index (χ2v) is 6.60. The summed E-state index contributed by atoms with van der Waals surface area (Å²) in [5, 5.41) is 5.70. The van der Waals surface area contributed by atoms with Crippen LogP contribution in [0.25, 0.3) is 0 Å². The van der Waals surface area contributed by atoms with Gasteiger partial charge in [0.15, 0.2) is 5.78 Å². The minimum absolute atomic E-state index is 0.0526. The number of ketones is 1. The molecule has 1 aliphatic carbocycles. The van der Waals surface area contributed by atoms with Crippen LogP contribution in [0, 0.1) is 11.8 Å². The summed E-state index contributed by atoms with van der Waals surface area (Å²) in [7, 11) is 0. The van der Waals surface area contributed by atoms with Gasteiger partial charge >= 0.3 is 0 Å². The van der Waals surface area contributed by atoms with Crippen molar-refractivity contribution in [1.82, 2.24) is 5.32 Å². The first kappa shape index (κ1) is 17.9. The van der Waals surface area contributed by atoms with Crippen LogP contribution in [-0.2, 0) is 16.0 Å². The Morgan fingerprint density at radius 2 is 1.69 bits per heavy atom. The van der Waals surface area contributed by atoms with Gasteiger partial charge in [0, 0.05) is 17.8 Å². The Labute approximate surface area is 152 Å². The van der Waals surface area contributed by atoms with Crippen LogP contribution >= 0.6 is 0 Å². The number of carbonyl (C=O) groups excluding carboxylic acids is 3. The summed E-state index contributed by atoms with van der Waals surface area (Å²) in [4.78, 5) is 35.9. The number of rotatable bonds is 7. The smallest absolute Gasteiger partial charge is 0.228 e. The van der Waals surface area contributed by atoms with E-state index in [0.29, 0.717) is 24.2 Å². The van der Waals surface area contributed by atoms with Gasteiger partial charge in [0.05, 0.1) is 11.8 Å². The molecule has 2 aromatic rings. The van der Waals surface area contributed by atoms with E-state index < -0.39 is 0 Å². The van der Waals surface area contributed by atoms with Gasteiger partial charge in [-0.25, -0.2) is 0 Å². The van der Waals surface area contributed by atoms with Gasteiger partial charge in [0.2, 0.25) is 11.8 Å². The molecule has 2 atom stereocenters. The molecule has 2 aromatic carbocycles. The first-order valence-corrected chi connectivity index (χ1v) is 8.78. The largest absolute Gasteiger partial charge is 0.356 e. The van der Waals surface area contributed by atoms with E-state index >= 15 is 0 Å². The number of Topliss-reactive ketones (excluding diaryl/α,β-unsaturated/α-hetero) is 1. The first-order valence-electron chi connectivity index (χ1n) is 8.78. The fourth-order valence-electron chi connectivity index (χ4n) is 2.93. The van der Waals surface area contributed by atoms with Gasteiger partial charge in [0.25, 0.3) is 0 Å². The molecule has 1 saturated carbocycles. The third kappa shape index (κ3) is 4.57. The highest BCUT2D eigenvalue weighted by Gasteiger charge is 2.47. The van der Waals surface area contributed by atoms with Crippen molar-refractivity contribution in [2.24, 2.45) is 11.8 Å². The van der Waals surface area contributed by atoms with E-state index in [1.807, 2.05) is 30.3 Å². The van der Waals surface area contributed by atoms with Crippen LogP contribution in [0.15, 0.2) is 54.6 Å². The third-order valence-corrected chi connectivity index (χ3v) is 4.56. The Morgan fingerprint density at radius 3 is 2.42 bits per heavy atom. The molecular formula is C21H22N2O3. The van der Waals surface area contributed by atoms with Crippen molar-refractivity contribution < 1.29 is 14.4 Å². The van der Waals surface area contributed by atoms with E-state index in [-0.39, 0.29) is 29.4 Å². The molecule has 0 aromatic heterocycles. The Bertz CT molecular complexity index is 817. The molecule has 5 nitrogen and oxygen atoms in total. The van der Waals surface area contributed by atoms with Crippen LogP contribution in [0.5, 0.6) is 0 Å². The zero-order valence-electron chi connectivity index (χ0n) is 14.7. The fraction of sp³-hybridized carbons (Fsp3) is 0.286. The molecule has 0 spiro atoms. The summed E-state index contributed by atoms with van der Waals surface area (Å²) >= 11 is 0. The zero-order valence-corrected chi connectivity index (χ0v) is 14.7. The predicted molar refractivity (Wildman–Crippen MR) is 99.8 cm³/mol. The van der Waals surface area contributed by atoms with Crippen molar-refractivity contribution >= 4 is 23.3 Å². The lowest BCUT2D eigenvalue weighted by atomic mass is 10.1. The van der Waals surface area contributed by atoms with Crippen molar-refractivity contribution in [3.05, 3.63) is 65.7 Å². The highest BCUT2D eigenvalue weighted by atomic mass is 16.2. The lowest BCUT2D eigenvalue weighted by Crippen LogP contribution is -2.29. The van der Waals surface area contributed by atoms with Gasteiger partial charge in [-0.05, 0) is 37.5 Å². The van der Waals surface area contributed by atoms with Crippen LogP contribution in [0.4, 0.5) is 5.69 Å². The summed E-state index contributed by atoms with van der Waals surface area (Å²) in [5.74, 6) is -0.856.